The second-order valence-corrected chi connectivity index (χ2v) is 4.46. The first-order chi connectivity index (χ1) is 8.61. The Bertz CT molecular complexity index is 456. The average Bonchev–Trinajstić information content (AvgIpc) is 2.37. The molecule has 1 unspecified atom stereocenters. The second kappa shape index (κ2) is 6.73. The Kier molecular flexibility index (Phi) is 5.57. The lowest BCUT2D eigenvalue weighted by Crippen LogP contribution is -2.51. The van der Waals surface area contributed by atoms with Gasteiger partial charge in [0.05, 0.1) is 7.11 Å². The summed E-state index contributed by atoms with van der Waals surface area (Å²) in [7, 11) is 1.40. The van der Waals surface area contributed by atoms with Crippen LogP contribution in [0.25, 0.3) is 0 Å². The Morgan fingerprint density at radius 1 is 1.53 bits per heavy atom. The molecule has 1 aliphatic heterocycles. The van der Waals surface area contributed by atoms with E-state index in [1.807, 2.05) is 6.92 Å². The van der Waals surface area contributed by atoms with Crippen molar-refractivity contribution < 1.29 is 13.9 Å². The van der Waals surface area contributed by atoms with Crippen molar-refractivity contribution in [2.24, 2.45) is 0 Å². The molecular weight excluding hydrogens is 271 g/mol. The number of hydrogen-bond donors (Lipinski definition) is 1. The molecule has 0 radical (unpaired) electrons. The molecule has 1 heterocycles. The lowest BCUT2D eigenvalue weighted by Gasteiger charge is -2.32. The number of amides is 1. The summed E-state index contributed by atoms with van der Waals surface area (Å²) in [6, 6.07) is 4.57. The number of nitrogens with one attached hydrogen (secondary N) is 1. The van der Waals surface area contributed by atoms with Gasteiger partial charge in [-0.1, -0.05) is 0 Å². The minimum Gasteiger partial charge on any atom is -0.494 e. The normalized spacial score (nSPS) is 18.7. The predicted octanol–water partition coefficient (Wildman–Crippen LogP) is 1.69. The van der Waals surface area contributed by atoms with Crippen LogP contribution >= 0.6 is 12.4 Å². The summed E-state index contributed by atoms with van der Waals surface area (Å²) in [5.41, 5.74) is 0.363. The molecular formula is C13H18ClFN2O2. The molecule has 0 saturated carbocycles. The Labute approximate surface area is 118 Å². The molecule has 0 bridgehead atoms. The van der Waals surface area contributed by atoms with E-state index in [0.29, 0.717) is 18.7 Å². The van der Waals surface area contributed by atoms with Crippen molar-refractivity contribution in [3.8, 4) is 5.75 Å². The van der Waals surface area contributed by atoms with Gasteiger partial charge in [-0.25, -0.2) is 4.39 Å². The number of carbonyl (C=O) groups excluding carboxylic acids is 1. The van der Waals surface area contributed by atoms with E-state index in [0.717, 1.165) is 6.54 Å². The van der Waals surface area contributed by atoms with Crippen LogP contribution < -0.4 is 10.1 Å². The molecule has 1 saturated heterocycles. The van der Waals surface area contributed by atoms with Crippen molar-refractivity contribution in [3.05, 3.63) is 29.6 Å². The third-order valence-corrected chi connectivity index (χ3v) is 3.05. The number of carbonyl (C=O) groups is 1. The molecule has 1 fully saturated rings. The van der Waals surface area contributed by atoms with E-state index in [-0.39, 0.29) is 30.1 Å². The van der Waals surface area contributed by atoms with Crippen molar-refractivity contribution in [1.29, 1.82) is 0 Å². The summed E-state index contributed by atoms with van der Waals surface area (Å²) in [5, 5.41) is 3.26. The number of hydrogen-bond acceptors (Lipinski definition) is 3. The maximum atomic E-state index is 13.5. The first kappa shape index (κ1) is 15.7. The van der Waals surface area contributed by atoms with Crippen molar-refractivity contribution in [2.75, 3.05) is 26.7 Å². The molecule has 19 heavy (non-hydrogen) atoms. The summed E-state index contributed by atoms with van der Waals surface area (Å²) in [6.45, 7) is 4.09. The summed E-state index contributed by atoms with van der Waals surface area (Å²) in [6.07, 6.45) is 0. The van der Waals surface area contributed by atoms with Crippen LogP contribution in [0.3, 0.4) is 0 Å². The van der Waals surface area contributed by atoms with Gasteiger partial charge < -0.3 is 15.0 Å². The van der Waals surface area contributed by atoms with E-state index in [1.54, 1.807) is 11.0 Å². The maximum absolute atomic E-state index is 13.5. The molecule has 0 aromatic heterocycles. The number of piperazine rings is 1. The van der Waals surface area contributed by atoms with Crippen LogP contribution in [0.5, 0.6) is 5.75 Å². The van der Waals surface area contributed by atoms with Crippen molar-refractivity contribution >= 4 is 18.3 Å². The first-order valence-electron chi connectivity index (χ1n) is 5.98. The quantitative estimate of drug-likeness (QED) is 0.900. The van der Waals surface area contributed by atoms with Crippen LogP contribution in [0.15, 0.2) is 18.2 Å². The molecule has 1 aromatic rings. The molecule has 1 N–H and O–H groups in total. The molecule has 0 spiro atoms. The van der Waals surface area contributed by atoms with Gasteiger partial charge in [-0.3, -0.25) is 4.79 Å². The average molecular weight is 289 g/mol. The predicted molar refractivity (Wildman–Crippen MR) is 73.6 cm³/mol. The van der Waals surface area contributed by atoms with Crippen LogP contribution in [-0.2, 0) is 0 Å². The minimum atomic E-state index is -0.508. The van der Waals surface area contributed by atoms with Crippen molar-refractivity contribution in [2.45, 2.75) is 13.0 Å². The second-order valence-electron chi connectivity index (χ2n) is 4.46. The van der Waals surface area contributed by atoms with Gasteiger partial charge in [0.1, 0.15) is 0 Å². The van der Waals surface area contributed by atoms with Crippen molar-refractivity contribution in [3.63, 3.8) is 0 Å². The van der Waals surface area contributed by atoms with E-state index in [1.165, 1.54) is 19.2 Å². The Hall–Kier alpha value is -1.33. The summed E-state index contributed by atoms with van der Waals surface area (Å²) >= 11 is 0. The number of benzene rings is 1. The summed E-state index contributed by atoms with van der Waals surface area (Å²) < 4.78 is 18.4. The van der Waals surface area contributed by atoms with Gasteiger partial charge in [-0.2, -0.15) is 0 Å². The summed E-state index contributed by atoms with van der Waals surface area (Å²) in [4.78, 5) is 13.9. The van der Waals surface area contributed by atoms with Gasteiger partial charge in [0.15, 0.2) is 11.6 Å². The van der Waals surface area contributed by atoms with Crippen LogP contribution in [0.2, 0.25) is 0 Å². The summed E-state index contributed by atoms with van der Waals surface area (Å²) in [5.74, 6) is -0.489. The number of ether oxygens (including phenoxy) is 1. The number of halogens is 2. The highest BCUT2D eigenvalue weighted by molar-refractivity contribution is 5.94. The number of rotatable bonds is 2. The zero-order valence-electron chi connectivity index (χ0n) is 11.0. The molecule has 1 aromatic carbocycles. The minimum absolute atomic E-state index is 0. The van der Waals surface area contributed by atoms with Gasteiger partial charge in [-0.15, -0.1) is 12.4 Å². The zero-order valence-corrected chi connectivity index (χ0v) is 11.8. The molecule has 6 heteroatoms. The monoisotopic (exact) mass is 288 g/mol. The fourth-order valence-corrected chi connectivity index (χ4v) is 2.10. The topological polar surface area (TPSA) is 41.6 Å². The molecule has 4 nitrogen and oxygen atoms in total. The van der Waals surface area contributed by atoms with E-state index in [4.69, 9.17) is 4.74 Å². The number of nitrogens with zero attached hydrogens (tertiary/aromatic N) is 1. The zero-order chi connectivity index (χ0) is 13.1. The van der Waals surface area contributed by atoms with Gasteiger partial charge >= 0.3 is 0 Å². The van der Waals surface area contributed by atoms with E-state index in [9.17, 15) is 9.18 Å². The third kappa shape index (κ3) is 3.58. The van der Waals surface area contributed by atoms with Crippen LogP contribution in [0, 0.1) is 5.82 Å². The molecule has 2 rings (SSSR count). The maximum Gasteiger partial charge on any atom is 0.254 e. The highest BCUT2D eigenvalue weighted by atomic mass is 35.5. The largest absolute Gasteiger partial charge is 0.494 e. The van der Waals surface area contributed by atoms with Crippen LogP contribution in [-0.4, -0.2) is 43.6 Å². The van der Waals surface area contributed by atoms with Gasteiger partial charge in [-0.05, 0) is 25.1 Å². The smallest absolute Gasteiger partial charge is 0.254 e. The SMILES string of the molecule is COc1ccc(C(=O)N2CCNC(C)C2)cc1F.Cl. The lowest BCUT2D eigenvalue weighted by atomic mass is 10.1. The number of methoxy groups -OCH3 is 1. The third-order valence-electron chi connectivity index (χ3n) is 3.05. The lowest BCUT2D eigenvalue weighted by molar-refractivity contribution is 0.0708. The molecule has 1 amide bonds. The Balaban J connectivity index is 0.00000180. The molecule has 0 aliphatic carbocycles. The highest BCUT2D eigenvalue weighted by Crippen LogP contribution is 2.19. The first-order valence-corrected chi connectivity index (χ1v) is 5.98. The molecule has 1 atom stereocenters. The standard InChI is InChI=1S/C13H17FN2O2.ClH/c1-9-8-16(6-5-15-9)13(17)10-3-4-12(18-2)11(14)7-10;/h3-4,7,9,15H,5-6,8H2,1-2H3;1H. The van der Waals surface area contributed by atoms with Crippen LogP contribution in [0.1, 0.15) is 17.3 Å². The van der Waals surface area contributed by atoms with Crippen LogP contribution in [0.4, 0.5) is 4.39 Å². The van der Waals surface area contributed by atoms with Gasteiger partial charge in [0.2, 0.25) is 0 Å². The van der Waals surface area contributed by atoms with Gasteiger partial charge in [0.25, 0.3) is 5.91 Å². The van der Waals surface area contributed by atoms with E-state index < -0.39 is 5.82 Å². The van der Waals surface area contributed by atoms with Crippen molar-refractivity contribution in [1.82, 2.24) is 10.2 Å². The molecule has 1 aliphatic rings. The Morgan fingerprint density at radius 3 is 2.84 bits per heavy atom. The van der Waals surface area contributed by atoms with E-state index >= 15 is 0 Å². The fourth-order valence-electron chi connectivity index (χ4n) is 2.10. The van der Waals surface area contributed by atoms with Gasteiger partial charge in [0, 0.05) is 31.2 Å². The fraction of sp³-hybridized carbons (Fsp3) is 0.462. The highest BCUT2D eigenvalue weighted by Gasteiger charge is 2.22. The van der Waals surface area contributed by atoms with E-state index in [2.05, 4.69) is 5.32 Å². The Morgan fingerprint density at radius 2 is 2.26 bits per heavy atom. The molecule has 106 valence electrons.